The molecule has 0 aliphatic heterocycles. The molecule has 0 aromatic carbocycles. The molecule has 9 heteroatoms. The van der Waals surface area contributed by atoms with E-state index in [4.69, 9.17) is 0 Å². The second kappa shape index (κ2) is 6.44. The highest BCUT2D eigenvalue weighted by Crippen LogP contribution is 2.19. The Morgan fingerprint density at radius 3 is 2.90 bits per heavy atom. The number of aromatic nitrogens is 3. The van der Waals surface area contributed by atoms with Crippen LogP contribution in [0.1, 0.15) is 17.6 Å². The Hall–Kier alpha value is -1.29. The maximum Gasteiger partial charge on any atom is 0.241 e. The summed E-state index contributed by atoms with van der Waals surface area (Å²) in [6.07, 6.45) is 1.58. The molecular weight excluding hydrogens is 298 g/mol. The lowest BCUT2D eigenvalue weighted by Crippen LogP contribution is -2.24. The van der Waals surface area contributed by atoms with E-state index in [1.54, 1.807) is 22.3 Å². The number of nitrogens with one attached hydrogen (secondary N) is 2. The summed E-state index contributed by atoms with van der Waals surface area (Å²) in [5.74, 6) is 0.599. The van der Waals surface area contributed by atoms with Crippen LogP contribution in [0.25, 0.3) is 0 Å². The van der Waals surface area contributed by atoms with Gasteiger partial charge in [0.1, 0.15) is 12.2 Å². The van der Waals surface area contributed by atoms with Crippen LogP contribution in [0.5, 0.6) is 0 Å². The van der Waals surface area contributed by atoms with Crippen LogP contribution < -0.4 is 10.0 Å². The van der Waals surface area contributed by atoms with Crippen molar-refractivity contribution < 1.29 is 8.42 Å². The predicted octanol–water partition coefficient (Wildman–Crippen LogP) is 0.557. The van der Waals surface area contributed by atoms with E-state index in [1.807, 2.05) is 14.0 Å². The molecule has 0 saturated carbocycles. The highest BCUT2D eigenvalue weighted by atomic mass is 32.2. The molecule has 20 heavy (non-hydrogen) atoms. The maximum absolute atomic E-state index is 12.2. The fraction of sp³-hybridized carbons (Fsp3) is 0.455. The first-order valence-electron chi connectivity index (χ1n) is 6.15. The van der Waals surface area contributed by atoms with Gasteiger partial charge in [-0.2, -0.15) is 0 Å². The van der Waals surface area contributed by atoms with Gasteiger partial charge in [-0.1, -0.05) is 0 Å². The lowest BCUT2D eigenvalue weighted by molar-refractivity contribution is 0.575. The van der Waals surface area contributed by atoms with E-state index in [9.17, 15) is 8.42 Å². The number of hydrogen-bond acceptors (Lipinski definition) is 6. The van der Waals surface area contributed by atoms with E-state index >= 15 is 0 Å². The van der Waals surface area contributed by atoms with Crippen LogP contribution in [0.4, 0.5) is 0 Å². The fourth-order valence-corrected chi connectivity index (χ4v) is 3.96. The van der Waals surface area contributed by atoms with Crippen molar-refractivity contribution in [3.05, 3.63) is 28.5 Å². The van der Waals surface area contributed by atoms with Crippen molar-refractivity contribution >= 4 is 21.4 Å². The van der Waals surface area contributed by atoms with Crippen molar-refractivity contribution in [1.29, 1.82) is 0 Å². The van der Waals surface area contributed by atoms with Gasteiger partial charge in [-0.15, -0.1) is 21.5 Å². The smallest absolute Gasteiger partial charge is 0.241 e. The summed E-state index contributed by atoms with van der Waals surface area (Å²) in [5, 5.41) is 12.3. The molecule has 2 aromatic rings. The minimum absolute atomic E-state index is 0.132. The molecule has 0 aliphatic rings. The van der Waals surface area contributed by atoms with Crippen molar-refractivity contribution in [2.45, 2.75) is 31.5 Å². The standard InChI is InChI=1S/C11H17N5O2S2/c1-3-16-8-13-15-11(16)6-14-20(17,18)10-4-9(5-12-2)19-7-10/h4,7-8,12,14H,3,5-6H2,1-2H3. The topological polar surface area (TPSA) is 88.9 Å². The van der Waals surface area contributed by atoms with Gasteiger partial charge in [0.05, 0.1) is 11.4 Å². The van der Waals surface area contributed by atoms with Crippen LogP contribution in [0.2, 0.25) is 0 Å². The van der Waals surface area contributed by atoms with E-state index in [2.05, 4.69) is 20.2 Å². The summed E-state index contributed by atoms with van der Waals surface area (Å²) in [6.45, 7) is 3.44. The van der Waals surface area contributed by atoms with E-state index < -0.39 is 10.0 Å². The molecule has 0 amide bonds. The summed E-state index contributed by atoms with van der Waals surface area (Å²) in [7, 11) is -1.68. The molecule has 2 rings (SSSR count). The summed E-state index contributed by atoms with van der Waals surface area (Å²) >= 11 is 1.42. The average Bonchev–Trinajstić information content (AvgIpc) is 3.05. The molecule has 0 aliphatic carbocycles. The number of thiophene rings is 1. The van der Waals surface area contributed by atoms with Crippen molar-refractivity contribution in [3.8, 4) is 0 Å². The van der Waals surface area contributed by atoms with Gasteiger partial charge in [0.2, 0.25) is 10.0 Å². The molecule has 0 spiro atoms. The normalized spacial score (nSPS) is 11.9. The Morgan fingerprint density at radius 1 is 1.40 bits per heavy atom. The maximum atomic E-state index is 12.2. The molecule has 0 saturated heterocycles. The van der Waals surface area contributed by atoms with Crippen molar-refractivity contribution in [3.63, 3.8) is 0 Å². The van der Waals surface area contributed by atoms with Crippen molar-refractivity contribution in [1.82, 2.24) is 24.8 Å². The first-order valence-corrected chi connectivity index (χ1v) is 8.51. The number of rotatable bonds is 7. The van der Waals surface area contributed by atoms with Crippen LogP contribution in [-0.2, 0) is 29.7 Å². The minimum atomic E-state index is -3.51. The molecule has 2 heterocycles. The van der Waals surface area contributed by atoms with Crippen LogP contribution in [-0.4, -0.2) is 30.2 Å². The second-order valence-corrected chi connectivity index (χ2v) is 6.90. The molecule has 0 unspecified atom stereocenters. The number of nitrogens with zero attached hydrogens (tertiary/aromatic N) is 3. The second-order valence-electron chi connectivity index (χ2n) is 4.14. The third-order valence-corrected chi connectivity index (χ3v) is 5.21. The zero-order valence-electron chi connectivity index (χ0n) is 11.3. The van der Waals surface area contributed by atoms with Gasteiger partial charge in [0, 0.05) is 23.3 Å². The zero-order valence-corrected chi connectivity index (χ0v) is 13.0. The summed E-state index contributed by atoms with van der Waals surface area (Å²) < 4.78 is 28.7. The van der Waals surface area contributed by atoms with Gasteiger partial charge in [-0.05, 0) is 20.0 Å². The van der Waals surface area contributed by atoms with Gasteiger partial charge < -0.3 is 9.88 Å². The van der Waals surface area contributed by atoms with E-state index in [-0.39, 0.29) is 11.4 Å². The number of hydrogen-bond donors (Lipinski definition) is 2. The highest BCUT2D eigenvalue weighted by Gasteiger charge is 2.17. The van der Waals surface area contributed by atoms with E-state index in [0.717, 1.165) is 4.88 Å². The third-order valence-electron chi connectivity index (χ3n) is 2.75. The Labute approximate surface area is 122 Å². The summed E-state index contributed by atoms with van der Waals surface area (Å²) in [5.41, 5.74) is 0. The van der Waals surface area contributed by atoms with Crippen molar-refractivity contribution in [2.75, 3.05) is 7.05 Å². The van der Waals surface area contributed by atoms with Crippen LogP contribution in [0, 0.1) is 0 Å². The van der Waals surface area contributed by atoms with Gasteiger partial charge >= 0.3 is 0 Å². The minimum Gasteiger partial charge on any atom is -0.317 e. The van der Waals surface area contributed by atoms with E-state index in [1.165, 1.54) is 11.3 Å². The van der Waals surface area contributed by atoms with Gasteiger partial charge in [0.25, 0.3) is 0 Å². The molecule has 0 atom stereocenters. The SMILES string of the molecule is CCn1cnnc1CNS(=O)(=O)c1csc(CNC)c1. The molecule has 0 fully saturated rings. The van der Waals surface area contributed by atoms with E-state index in [0.29, 0.717) is 18.9 Å². The first-order chi connectivity index (χ1) is 9.56. The fourth-order valence-electron chi connectivity index (χ4n) is 1.69. The number of aryl methyl sites for hydroxylation is 1. The van der Waals surface area contributed by atoms with Gasteiger partial charge in [-0.25, -0.2) is 13.1 Å². The summed E-state index contributed by atoms with van der Waals surface area (Å²) in [6, 6.07) is 1.67. The molecule has 0 bridgehead atoms. The lowest BCUT2D eigenvalue weighted by atomic mass is 10.5. The molecule has 2 N–H and O–H groups in total. The quantitative estimate of drug-likeness (QED) is 0.779. The monoisotopic (exact) mass is 315 g/mol. The highest BCUT2D eigenvalue weighted by molar-refractivity contribution is 7.89. The Kier molecular flexibility index (Phi) is 4.86. The zero-order chi connectivity index (χ0) is 14.6. The van der Waals surface area contributed by atoms with Crippen LogP contribution in [0.3, 0.4) is 0 Å². The summed E-state index contributed by atoms with van der Waals surface area (Å²) in [4.78, 5) is 1.26. The molecule has 2 aromatic heterocycles. The van der Waals surface area contributed by atoms with Crippen LogP contribution >= 0.6 is 11.3 Å². The third kappa shape index (κ3) is 3.42. The van der Waals surface area contributed by atoms with Gasteiger partial charge in [-0.3, -0.25) is 0 Å². The lowest BCUT2D eigenvalue weighted by Gasteiger charge is -2.05. The number of sulfonamides is 1. The Bertz CT molecular complexity index is 662. The van der Waals surface area contributed by atoms with Crippen LogP contribution in [0.15, 0.2) is 22.7 Å². The molecular formula is C11H17N5O2S2. The largest absolute Gasteiger partial charge is 0.317 e. The molecule has 110 valence electrons. The molecule has 7 nitrogen and oxygen atoms in total. The Morgan fingerprint density at radius 2 is 2.20 bits per heavy atom. The van der Waals surface area contributed by atoms with Crippen molar-refractivity contribution in [2.24, 2.45) is 0 Å². The average molecular weight is 315 g/mol. The Balaban J connectivity index is 2.07. The molecule has 0 radical (unpaired) electrons. The van der Waals surface area contributed by atoms with Gasteiger partial charge in [0.15, 0.2) is 0 Å². The first kappa shape index (κ1) is 15.1. The predicted molar refractivity (Wildman–Crippen MR) is 76.8 cm³/mol.